The quantitative estimate of drug-likeness (QED) is 0.424. The largest absolute Gasteiger partial charge is 0.416 e. The van der Waals surface area contributed by atoms with Gasteiger partial charge in [-0.25, -0.2) is 0 Å². The van der Waals surface area contributed by atoms with Crippen LogP contribution in [0.25, 0.3) is 0 Å². The summed E-state index contributed by atoms with van der Waals surface area (Å²) in [6.45, 7) is 6.80. The molecule has 1 aromatic heterocycles. The molecule has 1 saturated carbocycles. The van der Waals surface area contributed by atoms with Crippen molar-refractivity contribution in [2.24, 2.45) is 18.9 Å². The van der Waals surface area contributed by atoms with Gasteiger partial charge in [0, 0.05) is 50.4 Å². The smallest absolute Gasteiger partial charge is 0.381 e. The minimum atomic E-state index is -4.28. The van der Waals surface area contributed by atoms with Gasteiger partial charge < -0.3 is 14.2 Å². The van der Waals surface area contributed by atoms with Gasteiger partial charge >= 0.3 is 6.18 Å². The van der Waals surface area contributed by atoms with E-state index in [9.17, 15) is 13.2 Å². The second-order valence-electron chi connectivity index (χ2n) is 9.73. The maximum Gasteiger partial charge on any atom is 0.416 e. The van der Waals surface area contributed by atoms with Gasteiger partial charge in [0.1, 0.15) is 5.82 Å². The van der Waals surface area contributed by atoms with Gasteiger partial charge in [0.2, 0.25) is 0 Å². The van der Waals surface area contributed by atoms with E-state index in [0.29, 0.717) is 17.8 Å². The fourth-order valence-corrected chi connectivity index (χ4v) is 6.79. The molecule has 2 aliphatic heterocycles. The number of benzene rings is 1. The zero-order valence-corrected chi connectivity index (χ0v) is 20.0. The Balaban J connectivity index is 1.12. The van der Waals surface area contributed by atoms with Crippen LogP contribution in [0.3, 0.4) is 0 Å². The summed E-state index contributed by atoms with van der Waals surface area (Å²) in [5.41, 5.74) is 0.521. The molecule has 2 aromatic rings. The molecule has 1 aliphatic carbocycles. The average Bonchev–Trinajstić information content (AvgIpc) is 3.11. The molecule has 0 amide bonds. The zero-order chi connectivity index (χ0) is 23.2. The number of alkyl halides is 3. The molecule has 5 rings (SSSR count). The molecule has 0 radical (unpaired) electrons. The van der Waals surface area contributed by atoms with Crippen LogP contribution in [-0.4, -0.2) is 58.3 Å². The third-order valence-corrected chi connectivity index (χ3v) is 9.07. The molecule has 5 nitrogen and oxygen atoms in total. The highest BCUT2D eigenvalue weighted by Crippen LogP contribution is 2.63. The molecule has 3 heterocycles. The summed E-state index contributed by atoms with van der Waals surface area (Å²) in [4.78, 5) is 2.48. The summed E-state index contributed by atoms with van der Waals surface area (Å²) < 4.78 is 46.4. The number of nitrogens with zero attached hydrogens (tertiary/aromatic N) is 4. The Bertz CT molecular complexity index is 973. The summed E-state index contributed by atoms with van der Waals surface area (Å²) in [5.74, 6) is 3.55. The number of hydrogen-bond donors (Lipinski definition) is 0. The van der Waals surface area contributed by atoms with E-state index < -0.39 is 11.7 Å². The van der Waals surface area contributed by atoms with Gasteiger partial charge in [-0.1, -0.05) is 30.8 Å². The van der Waals surface area contributed by atoms with E-state index in [1.807, 2.05) is 0 Å². The maximum atomic E-state index is 12.9. The minimum Gasteiger partial charge on any atom is -0.381 e. The number of thioether (sulfide) groups is 1. The Morgan fingerprint density at radius 3 is 2.58 bits per heavy atom. The zero-order valence-electron chi connectivity index (χ0n) is 19.1. The highest BCUT2D eigenvalue weighted by Gasteiger charge is 2.66. The molecule has 180 valence electrons. The highest BCUT2D eigenvalue weighted by atomic mass is 32.2. The molecule has 2 saturated heterocycles. The first-order valence-corrected chi connectivity index (χ1v) is 12.8. The van der Waals surface area contributed by atoms with Gasteiger partial charge in [-0.3, -0.25) is 0 Å². The van der Waals surface area contributed by atoms with Crippen molar-refractivity contribution in [2.45, 2.75) is 48.9 Å². The highest BCUT2D eigenvalue weighted by molar-refractivity contribution is 7.99. The Morgan fingerprint density at radius 1 is 1.15 bits per heavy atom. The third kappa shape index (κ3) is 4.32. The number of piperidine rings is 1. The Kier molecular flexibility index (Phi) is 6.24. The van der Waals surface area contributed by atoms with E-state index in [1.54, 1.807) is 23.9 Å². The lowest BCUT2D eigenvalue weighted by atomic mass is 9.92. The molecular weight excluding hydrogens is 449 g/mol. The Labute approximate surface area is 197 Å². The standard InChI is InChI=1S/C24H31F3N4OS/c1-16-20-14-31(15-23(16,20)18-4-6-19(7-5-18)24(25,26)27)10-3-13-33-22-29-28-21(30(22)2)17-8-11-32-12-9-17/h4-7,16-17,20H,3,8-15H2,1-2H3/t16-,20+,23-/m0/s1. The summed E-state index contributed by atoms with van der Waals surface area (Å²) in [7, 11) is 2.05. The molecule has 0 unspecified atom stereocenters. The number of ether oxygens (including phenoxy) is 1. The van der Waals surface area contributed by atoms with Crippen molar-refractivity contribution < 1.29 is 17.9 Å². The van der Waals surface area contributed by atoms with Crippen LogP contribution in [0.5, 0.6) is 0 Å². The van der Waals surface area contributed by atoms with Crippen molar-refractivity contribution in [1.29, 1.82) is 0 Å². The van der Waals surface area contributed by atoms with Crippen molar-refractivity contribution in [2.75, 3.05) is 38.6 Å². The molecule has 0 N–H and O–H groups in total. The van der Waals surface area contributed by atoms with Crippen LogP contribution in [0.1, 0.15) is 49.1 Å². The SMILES string of the molecule is C[C@H]1[C@H]2CN(CCCSc3nnc(C4CCOCC4)n3C)C[C@]21c1ccc(C(F)(F)F)cc1. The molecule has 9 heteroatoms. The van der Waals surface area contributed by atoms with Crippen LogP contribution >= 0.6 is 11.8 Å². The second kappa shape index (κ2) is 8.89. The van der Waals surface area contributed by atoms with Crippen molar-refractivity contribution in [3.05, 3.63) is 41.2 Å². The third-order valence-electron chi connectivity index (χ3n) is 7.96. The minimum absolute atomic E-state index is 0.0273. The number of likely N-dealkylation sites (tertiary alicyclic amines) is 1. The molecule has 0 spiro atoms. The molecule has 0 bridgehead atoms. The van der Waals surface area contributed by atoms with Crippen LogP contribution in [0.15, 0.2) is 29.4 Å². The van der Waals surface area contributed by atoms with Gasteiger partial charge in [0.15, 0.2) is 5.16 Å². The summed E-state index contributed by atoms with van der Waals surface area (Å²) in [5, 5.41) is 9.81. The predicted octanol–water partition coefficient (Wildman–Crippen LogP) is 4.73. The fraction of sp³-hybridized carbons (Fsp3) is 0.667. The number of fused-ring (bicyclic) bond motifs is 1. The van der Waals surface area contributed by atoms with E-state index in [-0.39, 0.29) is 5.41 Å². The Morgan fingerprint density at radius 2 is 1.88 bits per heavy atom. The topological polar surface area (TPSA) is 43.2 Å². The lowest BCUT2D eigenvalue weighted by Gasteiger charge is -2.23. The van der Waals surface area contributed by atoms with Crippen LogP contribution in [0.2, 0.25) is 0 Å². The summed E-state index contributed by atoms with van der Waals surface area (Å²) in [6, 6.07) is 5.87. The Hall–Kier alpha value is -1.58. The van der Waals surface area contributed by atoms with E-state index in [2.05, 4.69) is 33.6 Å². The van der Waals surface area contributed by atoms with E-state index in [4.69, 9.17) is 4.74 Å². The van der Waals surface area contributed by atoms with Gasteiger partial charge in [0.05, 0.1) is 5.56 Å². The number of halogens is 3. The molecule has 1 aromatic carbocycles. The average molecular weight is 481 g/mol. The van der Waals surface area contributed by atoms with Gasteiger partial charge in [-0.15, -0.1) is 10.2 Å². The first kappa shape index (κ1) is 23.2. The first-order chi connectivity index (χ1) is 15.8. The lowest BCUT2D eigenvalue weighted by molar-refractivity contribution is -0.137. The summed E-state index contributed by atoms with van der Waals surface area (Å²) >= 11 is 1.75. The van der Waals surface area contributed by atoms with Crippen LogP contribution in [-0.2, 0) is 23.4 Å². The molecule has 3 aliphatic rings. The van der Waals surface area contributed by atoms with E-state index >= 15 is 0 Å². The molecule has 3 fully saturated rings. The van der Waals surface area contributed by atoms with Crippen molar-refractivity contribution in [1.82, 2.24) is 19.7 Å². The number of aromatic nitrogens is 3. The molecule has 33 heavy (non-hydrogen) atoms. The van der Waals surface area contributed by atoms with Gasteiger partial charge in [0.25, 0.3) is 0 Å². The maximum absolute atomic E-state index is 12.9. The predicted molar refractivity (Wildman–Crippen MR) is 121 cm³/mol. The monoisotopic (exact) mass is 480 g/mol. The van der Waals surface area contributed by atoms with Crippen LogP contribution in [0, 0.1) is 11.8 Å². The van der Waals surface area contributed by atoms with Crippen molar-refractivity contribution >= 4 is 11.8 Å². The fourth-order valence-electron chi connectivity index (χ4n) is 5.94. The van der Waals surface area contributed by atoms with E-state index in [1.165, 1.54) is 12.1 Å². The van der Waals surface area contributed by atoms with E-state index in [0.717, 1.165) is 74.4 Å². The second-order valence-corrected chi connectivity index (χ2v) is 10.8. The van der Waals surface area contributed by atoms with Crippen molar-refractivity contribution in [3.63, 3.8) is 0 Å². The lowest BCUT2D eigenvalue weighted by Crippen LogP contribution is -2.30. The van der Waals surface area contributed by atoms with Crippen LogP contribution in [0.4, 0.5) is 13.2 Å². The van der Waals surface area contributed by atoms with Gasteiger partial charge in [-0.2, -0.15) is 13.2 Å². The van der Waals surface area contributed by atoms with Gasteiger partial charge in [-0.05, 0) is 55.3 Å². The molecule has 3 atom stereocenters. The number of hydrogen-bond acceptors (Lipinski definition) is 5. The molecular formula is C24H31F3N4OS. The van der Waals surface area contributed by atoms with Crippen LogP contribution < -0.4 is 0 Å². The summed E-state index contributed by atoms with van der Waals surface area (Å²) in [6.07, 6.45) is -1.22. The number of rotatable bonds is 7. The first-order valence-electron chi connectivity index (χ1n) is 11.8. The normalized spacial score (nSPS) is 28.3. The van der Waals surface area contributed by atoms with Crippen molar-refractivity contribution in [3.8, 4) is 0 Å².